The minimum atomic E-state index is -4.91. The first-order chi connectivity index (χ1) is 7.47. The molecule has 1 aliphatic heterocycles. The molecule has 1 nitrogen and oxygen atoms in total. The third-order valence-electron chi connectivity index (χ3n) is 2.80. The molecular weight excluding hydrogens is 214 g/mol. The summed E-state index contributed by atoms with van der Waals surface area (Å²) < 4.78 is 37.1. The highest BCUT2D eigenvalue weighted by atomic mass is 19.4. The van der Waals surface area contributed by atoms with Crippen molar-refractivity contribution in [1.29, 1.82) is 0 Å². The molecule has 0 saturated carbocycles. The van der Waals surface area contributed by atoms with Gasteiger partial charge in [-0.3, -0.25) is 4.90 Å². The van der Waals surface area contributed by atoms with E-state index in [1.165, 1.54) is 0 Å². The summed E-state index contributed by atoms with van der Waals surface area (Å²) in [5, 5.41) is 0. The summed E-state index contributed by atoms with van der Waals surface area (Å²) in [7, 11) is 0. The summed E-state index contributed by atoms with van der Waals surface area (Å²) in [5.41, 5.74) is 1.61. The van der Waals surface area contributed by atoms with Crippen molar-refractivity contribution in [3.8, 4) is 0 Å². The van der Waals surface area contributed by atoms with E-state index in [0.29, 0.717) is 13.1 Å². The number of nitrogens with zero attached hydrogens (tertiary/aromatic N) is 1. The number of hydrogen-bond donors (Lipinski definition) is 0. The molecule has 1 aromatic carbocycles. The Morgan fingerprint density at radius 2 is 1.69 bits per heavy atom. The van der Waals surface area contributed by atoms with Crippen LogP contribution in [0.4, 0.5) is 12.9 Å². The number of fused-ring (bicyclic) bond motifs is 1. The van der Waals surface area contributed by atoms with Crippen molar-refractivity contribution in [1.82, 2.24) is 4.90 Å². The largest absolute Gasteiger partial charge is 0.506 e. The van der Waals surface area contributed by atoms with Crippen LogP contribution in [0.5, 0.6) is 0 Å². The van der Waals surface area contributed by atoms with E-state index < -0.39 is 12.4 Å². The highest BCUT2D eigenvalue weighted by Crippen LogP contribution is 2.25. The molecule has 0 bridgehead atoms. The second kappa shape index (κ2) is 3.98. The van der Waals surface area contributed by atoms with Crippen LogP contribution in [0.3, 0.4) is 0 Å². The molecule has 0 unspecified atom stereocenters. The van der Waals surface area contributed by atoms with Crippen LogP contribution in [-0.4, -0.2) is 18.4 Å². The fourth-order valence-electron chi connectivity index (χ4n) is 1.91. The van der Waals surface area contributed by atoms with Crippen LogP contribution >= 0.6 is 0 Å². The van der Waals surface area contributed by atoms with Crippen molar-refractivity contribution in [2.45, 2.75) is 13.1 Å². The van der Waals surface area contributed by atoms with E-state index in [4.69, 9.17) is 0 Å². The van der Waals surface area contributed by atoms with Gasteiger partial charge >= 0.3 is 6.98 Å². The Bertz CT molecular complexity index is 389. The van der Waals surface area contributed by atoms with Crippen molar-refractivity contribution in [3.63, 3.8) is 0 Å². The van der Waals surface area contributed by atoms with Crippen LogP contribution in [-0.2, 0) is 13.1 Å². The monoisotopic (exact) mass is 226 g/mol. The van der Waals surface area contributed by atoms with E-state index in [9.17, 15) is 12.9 Å². The van der Waals surface area contributed by atoms with Crippen molar-refractivity contribution in [2.24, 2.45) is 0 Å². The Labute approximate surface area is 92.6 Å². The van der Waals surface area contributed by atoms with Crippen LogP contribution in [0.25, 0.3) is 0 Å². The smallest absolute Gasteiger partial charge is 0.445 e. The summed E-state index contributed by atoms with van der Waals surface area (Å²) in [6, 6.07) is 7.73. The standard InChI is InChI=1S/C11H12BF3N/c1-9(12(13,14)15)6-16-7-10-4-2-3-5-11(10)8-16/h2-5H,1,6-8H2/q-1. The normalized spacial score (nSPS) is 16.2. The van der Waals surface area contributed by atoms with Gasteiger partial charge in [0.25, 0.3) is 0 Å². The Kier molecular flexibility index (Phi) is 2.80. The van der Waals surface area contributed by atoms with Gasteiger partial charge in [-0.2, -0.15) is 0 Å². The minimum Gasteiger partial charge on any atom is -0.445 e. The van der Waals surface area contributed by atoms with Crippen LogP contribution in [0.1, 0.15) is 11.1 Å². The van der Waals surface area contributed by atoms with Crippen molar-refractivity contribution in [3.05, 3.63) is 47.4 Å². The third-order valence-corrected chi connectivity index (χ3v) is 2.80. The average Bonchev–Trinajstić information content (AvgIpc) is 2.58. The molecule has 86 valence electrons. The van der Waals surface area contributed by atoms with Crippen molar-refractivity contribution in [2.75, 3.05) is 6.54 Å². The maximum absolute atomic E-state index is 12.4. The van der Waals surface area contributed by atoms with Crippen LogP contribution < -0.4 is 0 Å². The summed E-state index contributed by atoms with van der Waals surface area (Å²) in [4.78, 5) is 1.77. The molecule has 0 amide bonds. The molecule has 0 saturated heterocycles. The van der Waals surface area contributed by atoms with Gasteiger partial charge in [0.1, 0.15) is 0 Å². The van der Waals surface area contributed by atoms with E-state index in [0.717, 1.165) is 11.1 Å². The van der Waals surface area contributed by atoms with Crippen LogP contribution in [0.2, 0.25) is 0 Å². The number of halogens is 3. The first-order valence-electron chi connectivity index (χ1n) is 5.13. The molecule has 0 atom stereocenters. The Balaban J connectivity index is 2.00. The van der Waals surface area contributed by atoms with Gasteiger partial charge in [0.2, 0.25) is 0 Å². The maximum atomic E-state index is 12.4. The van der Waals surface area contributed by atoms with E-state index in [2.05, 4.69) is 6.58 Å². The lowest BCUT2D eigenvalue weighted by Gasteiger charge is -2.23. The maximum Gasteiger partial charge on any atom is 0.506 e. The van der Waals surface area contributed by atoms with E-state index in [1.54, 1.807) is 4.90 Å². The lowest BCUT2D eigenvalue weighted by molar-refractivity contribution is 0.307. The second-order valence-corrected chi connectivity index (χ2v) is 4.15. The van der Waals surface area contributed by atoms with Gasteiger partial charge < -0.3 is 12.9 Å². The summed E-state index contributed by atoms with van der Waals surface area (Å²) in [6.45, 7) is -0.708. The highest BCUT2D eigenvalue weighted by Gasteiger charge is 2.29. The minimum absolute atomic E-state index is 0.0851. The zero-order chi connectivity index (χ0) is 11.8. The molecule has 5 heteroatoms. The summed E-state index contributed by atoms with van der Waals surface area (Å²) in [6.07, 6.45) is 0. The quantitative estimate of drug-likeness (QED) is 0.716. The Morgan fingerprint density at radius 3 is 2.12 bits per heavy atom. The lowest BCUT2D eigenvalue weighted by Crippen LogP contribution is -2.29. The first kappa shape index (κ1) is 11.3. The molecule has 1 aromatic rings. The van der Waals surface area contributed by atoms with E-state index in [1.807, 2.05) is 24.3 Å². The molecule has 0 aromatic heterocycles. The average molecular weight is 226 g/mol. The van der Waals surface area contributed by atoms with E-state index >= 15 is 0 Å². The predicted molar refractivity (Wildman–Crippen MR) is 58.8 cm³/mol. The van der Waals surface area contributed by atoms with Gasteiger partial charge in [-0.15, -0.1) is 12.1 Å². The zero-order valence-corrected chi connectivity index (χ0v) is 8.80. The van der Waals surface area contributed by atoms with Gasteiger partial charge in [0.15, 0.2) is 0 Å². The van der Waals surface area contributed by atoms with Gasteiger partial charge in [0.05, 0.1) is 0 Å². The number of hydrogen-bond acceptors (Lipinski definition) is 1. The lowest BCUT2D eigenvalue weighted by atomic mass is 9.80. The van der Waals surface area contributed by atoms with Gasteiger partial charge in [-0.25, -0.2) is 0 Å². The fraction of sp³-hybridized carbons (Fsp3) is 0.273. The Hall–Kier alpha value is -1.23. The molecule has 1 heterocycles. The summed E-state index contributed by atoms with van der Waals surface area (Å²) in [5.74, 6) is 0. The topological polar surface area (TPSA) is 3.24 Å². The second-order valence-electron chi connectivity index (χ2n) is 4.15. The van der Waals surface area contributed by atoms with Gasteiger partial charge in [-0.1, -0.05) is 24.3 Å². The molecule has 2 rings (SSSR count). The van der Waals surface area contributed by atoms with E-state index in [-0.39, 0.29) is 6.54 Å². The van der Waals surface area contributed by atoms with Gasteiger partial charge in [-0.05, 0) is 17.7 Å². The van der Waals surface area contributed by atoms with Crippen molar-refractivity contribution >= 4 is 6.98 Å². The Morgan fingerprint density at radius 1 is 1.19 bits per heavy atom. The first-order valence-corrected chi connectivity index (χ1v) is 5.13. The third kappa shape index (κ3) is 2.30. The SMILES string of the molecule is C=C(CN1Cc2ccccc2C1)[B-](F)(F)F. The molecule has 0 aliphatic carbocycles. The predicted octanol–water partition coefficient (Wildman–Crippen LogP) is 2.95. The number of rotatable bonds is 3. The highest BCUT2D eigenvalue weighted by molar-refractivity contribution is 6.66. The molecule has 0 spiro atoms. The van der Waals surface area contributed by atoms with Gasteiger partial charge in [0, 0.05) is 13.1 Å². The molecule has 0 radical (unpaired) electrons. The molecule has 1 aliphatic rings. The van der Waals surface area contributed by atoms with Crippen LogP contribution in [0.15, 0.2) is 36.3 Å². The molecule has 0 fully saturated rings. The number of benzene rings is 1. The molecule has 0 N–H and O–H groups in total. The van der Waals surface area contributed by atoms with Crippen LogP contribution in [0, 0.1) is 0 Å². The molecular formula is C11H12BF3N-. The zero-order valence-electron chi connectivity index (χ0n) is 8.80. The fourth-order valence-corrected chi connectivity index (χ4v) is 1.91. The van der Waals surface area contributed by atoms with Crippen molar-refractivity contribution < 1.29 is 12.9 Å². The molecule has 16 heavy (non-hydrogen) atoms. The summed E-state index contributed by atoms with van der Waals surface area (Å²) >= 11 is 0.